The van der Waals surface area contributed by atoms with Crippen LogP contribution in [0.3, 0.4) is 0 Å². The lowest BCUT2D eigenvalue weighted by Crippen LogP contribution is -2.01. The second-order valence-electron chi connectivity index (χ2n) is 4.11. The Hall–Kier alpha value is -0.850. The minimum atomic E-state index is 0.582. The molecule has 0 fully saturated rings. The molecule has 1 nitrogen and oxygen atoms in total. The molecule has 0 aliphatic rings. The van der Waals surface area contributed by atoms with Gasteiger partial charge in [0.25, 0.3) is 0 Å². The third-order valence-electron chi connectivity index (χ3n) is 3.03. The fourth-order valence-corrected chi connectivity index (χ4v) is 1.44. The zero-order valence-electron chi connectivity index (χ0n) is 9.75. The van der Waals surface area contributed by atoms with Gasteiger partial charge in [-0.2, -0.15) is 0 Å². The molecule has 0 bridgehead atoms. The molecular formula is C13H21N. The van der Waals surface area contributed by atoms with Gasteiger partial charge in [-0.25, -0.2) is 0 Å². The van der Waals surface area contributed by atoms with E-state index in [-0.39, 0.29) is 0 Å². The molecule has 1 heteroatoms. The van der Waals surface area contributed by atoms with E-state index in [0.717, 1.165) is 12.8 Å². The van der Waals surface area contributed by atoms with Crippen molar-refractivity contribution in [3.63, 3.8) is 0 Å². The summed E-state index contributed by atoms with van der Waals surface area (Å²) >= 11 is 0. The molecule has 1 rings (SSSR count). The number of rotatable bonds is 4. The van der Waals surface area contributed by atoms with E-state index in [1.165, 1.54) is 11.4 Å². The number of pyridine rings is 1. The van der Waals surface area contributed by atoms with Crippen molar-refractivity contribution in [1.29, 1.82) is 0 Å². The van der Waals surface area contributed by atoms with E-state index in [9.17, 15) is 0 Å². The highest BCUT2D eigenvalue weighted by Crippen LogP contribution is 2.21. The second kappa shape index (κ2) is 5.14. The molecule has 1 aromatic heterocycles. The van der Waals surface area contributed by atoms with Crippen molar-refractivity contribution in [1.82, 2.24) is 4.98 Å². The summed E-state index contributed by atoms with van der Waals surface area (Å²) in [7, 11) is 0. The largest absolute Gasteiger partial charge is 0.257 e. The Morgan fingerprint density at radius 2 is 1.43 bits per heavy atom. The van der Waals surface area contributed by atoms with E-state index in [1.54, 1.807) is 0 Å². The van der Waals surface area contributed by atoms with E-state index in [1.807, 2.05) is 0 Å². The predicted octanol–water partition coefficient (Wildman–Crippen LogP) is 4.11. The van der Waals surface area contributed by atoms with Crippen LogP contribution < -0.4 is 0 Å². The van der Waals surface area contributed by atoms with Gasteiger partial charge in [-0.1, -0.05) is 33.8 Å². The van der Waals surface area contributed by atoms with Crippen molar-refractivity contribution in [2.75, 3.05) is 0 Å². The minimum Gasteiger partial charge on any atom is -0.257 e. The van der Waals surface area contributed by atoms with Gasteiger partial charge in [-0.3, -0.25) is 4.98 Å². The van der Waals surface area contributed by atoms with E-state index < -0.39 is 0 Å². The van der Waals surface area contributed by atoms with Crippen LogP contribution in [0.5, 0.6) is 0 Å². The summed E-state index contributed by atoms with van der Waals surface area (Å²) in [4.78, 5) is 4.71. The molecule has 0 amide bonds. The third kappa shape index (κ3) is 2.57. The molecule has 0 aromatic carbocycles. The quantitative estimate of drug-likeness (QED) is 0.698. The van der Waals surface area contributed by atoms with E-state index >= 15 is 0 Å². The monoisotopic (exact) mass is 191 g/mol. The number of aromatic nitrogens is 1. The Morgan fingerprint density at radius 1 is 1.00 bits per heavy atom. The molecule has 0 spiro atoms. The molecule has 1 aromatic rings. The summed E-state index contributed by atoms with van der Waals surface area (Å²) in [5, 5.41) is 0. The average Bonchev–Trinajstić information content (AvgIpc) is 2.27. The maximum absolute atomic E-state index is 4.71. The van der Waals surface area contributed by atoms with Gasteiger partial charge in [-0.05, 0) is 36.8 Å². The van der Waals surface area contributed by atoms with Crippen LogP contribution in [0.25, 0.3) is 0 Å². The van der Waals surface area contributed by atoms with Crippen molar-refractivity contribution in [3.05, 3.63) is 29.6 Å². The molecule has 2 atom stereocenters. The van der Waals surface area contributed by atoms with Crippen LogP contribution in [0.2, 0.25) is 0 Å². The molecule has 2 unspecified atom stereocenters. The van der Waals surface area contributed by atoms with Crippen molar-refractivity contribution >= 4 is 0 Å². The highest BCUT2D eigenvalue weighted by molar-refractivity contribution is 5.16. The predicted molar refractivity (Wildman–Crippen MR) is 61.6 cm³/mol. The minimum absolute atomic E-state index is 0.582. The van der Waals surface area contributed by atoms with E-state index in [4.69, 9.17) is 4.98 Å². The van der Waals surface area contributed by atoms with E-state index in [0.29, 0.717) is 11.8 Å². The highest BCUT2D eigenvalue weighted by atomic mass is 14.7. The van der Waals surface area contributed by atoms with E-state index in [2.05, 4.69) is 45.9 Å². The molecule has 0 aliphatic carbocycles. The summed E-state index contributed by atoms with van der Waals surface area (Å²) in [5.74, 6) is 1.16. The van der Waals surface area contributed by atoms with Crippen LogP contribution >= 0.6 is 0 Å². The van der Waals surface area contributed by atoms with Crippen molar-refractivity contribution in [3.8, 4) is 0 Å². The topological polar surface area (TPSA) is 12.9 Å². The normalized spacial score (nSPS) is 15.1. The van der Waals surface area contributed by atoms with Crippen LogP contribution in [0.4, 0.5) is 0 Å². The number of hydrogen-bond acceptors (Lipinski definition) is 1. The van der Waals surface area contributed by atoms with Crippen LogP contribution in [0.15, 0.2) is 18.2 Å². The van der Waals surface area contributed by atoms with Gasteiger partial charge in [0.05, 0.1) is 0 Å². The van der Waals surface area contributed by atoms with Crippen molar-refractivity contribution < 1.29 is 0 Å². The molecule has 0 saturated heterocycles. The summed E-state index contributed by atoms with van der Waals surface area (Å²) in [6.45, 7) is 8.90. The standard InChI is InChI=1S/C13H21N/c1-5-10(3)12-8-7-9-13(14-12)11(4)6-2/h7-11H,5-6H2,1-4H3. The molecule has 0 N–H and O–H groups in total. The first-order valence-corrected chi connectivity index (χ1v) is 5.65. The average molecular weight is 191 g/mol. The van der Waals surface area contributed by atoms with Crippen LogP contribution in [-0.2, 0) is 0 Å². The lowest BCUT2D eigenvalue weighted by atomic mass is 10.0. The first kappa shape index (κ1) is 11.2. The summed E-state index contributed by atoms with van der Waals surface area (Å²) in [6, 6.07) is 6.41. The van der Waals surface area contributed by atoms with Crippen molar-refractivity contribution in [2.45, 2.75) is 52.4 Å². The van der Waals surface area contributed by atoms with Gasteiger partial charge < -0.3 is 0 Å². The lowest BCUT2D eigenvalue weighted by Gasteiger charge is -2.12. The van der Waals surface area contributed by atoms with Crippen molar-refractivity contribution in [2.24, 2.45) is 0 Å². The smallest absolute Gasteiger partial charge is 0.0435 e. The summed E-state index contributed by atoms with van der Waals surface area (Å²) in [5.41, 5.74) is 2.48. The SMILES string of the molecule is CCC(C)c1cccc(C(C)CC)n1. The van der Waals surface area contributed by atoms with Crippen LogP contribution in [0.1, 0.15) is 63.8 Å². The number of hydrogen-bond donors (Lipinski definition) is 0. The van der Waals surface area contributed by atoms with Crippen LogP contribution in [-0.4, -0.2) is 4.98 Å². The Morgan fingerprint density at radius 3 is 1.79 bits per heavy atom. The Balaban J connectivity index is 2.89. The Bertz CT molecular complexity index is 255. The maximum Gasteiger partial charge on any atom is 0.0435 e. The maximum atomic E-state index is 4.71. The number of nitrogens with zero attached hydrogens (tertiary/aromatic N) is 1. The fraction of sp³-hybridized carbons (Fsp3) is 0.615. The molecule has 78 valence electrons. The summed E-state index contributed by atoms with van der Waals surface area (Å²) < 4.78 is 0. The van der Waals surface area contributed by atoms with Gasteiger partial charge in [0.2, 0.25) is 0 Å². The zero-order valence-corrected chi connectivity index (χ0v) is 9.75. The van der Waals surface area contributed by atoms with Crippen LogP contribution in [0, 0.1) is 0 Å². The second-order valence-corrected chi connectivity index (χ2v) is 4.11. The molecule has 0 radical (unpaired) electrons. The Kier molecular flexibility index (Phi) is 4.12. The highest BCUT2D eigenvalue weighted by Gasteiger charge is 2.08. The zero-order chi connectivity index (χ0) is 10.6. The molecule has 1 heterocycles. The summed E-state index contributed by atoms with van der Waals surface area (Å²) in [6.07, 6.45) is 2.33. The fourth-order valence-electron chi connectivity index (χ4n) is 1.44. The Labute approximate surface area is 87.6 Å². The van der Waals surface area contributed by atoms with Gasteiger partial charge in [-0.15, -0.1) is 0 Å². The molecule has 0 saturated carbocycles. The molecular weight excluding hydrogens is 170 g/mol. The van der Waals surface area contributed by atoms with Gasteiger partial charge in [0, 0.05) is 11.4 Å². The van der Waals surface area contributed by atoms with Gasteiger partial charge >= 0.3 is 0 Å². The molecule has 0 aliphatic heterocycles. The molecule has 14 heavy (non-hydrogen) atoms. The third-order valence-corrected chi connectivity index (χ3v) is 3.03. The van der Waals surface area contributed by atoms with Gasteiger partial charge in [0.1, 0.15) is 0 Å². The first-order chi connectivity index (χ1) is 6.69. The first-order valence-electron chi connectivity index (χ1n) is 5.65. The lowest BCUT2D eigenvalue weighted by molar-refractivity contribution is 0.667. The van der Waals surface area contributed by atoms with Gasteiger partial charge in [0.15, 0.2) is 0 Å².